The molecule has 0 saturated heterocycles. The van der Waals surface area contributed by atoms with E-state index in [4.69, 9.17) is 0 Å². The minimum Gasteiger partial charge on any atom is -0.312 e. The second kappa shape index (κ2) is 5.21. The highest BCUT2D eigenvalue weighted by Gasteiger charge is 2.31. The molecule has 0 spiro atoms. The lowest BCUT2D eigenvalue weighted by atomic mass is 9.73. The number of hydrogen-bond donors (Lipinski definition) is 1. The van der Waals surface area contributed by atoms with Gasteiger partial charge in [-0.25, -0.2) is 0 Å². The summed E-state index contributed by atoms with van der Waals surface area (Å²) >= 11 is 0. The maximum absolute atomic E-state index is 4.31. The minimum atomic E-state index is 0.457. The molecule has 1 aromatic rings. The maximum Gasteiger partial charge on any atom is 0.0534 e. The van der Waals surface area contributed by atoms with Crippen molar-refractivity contribution in [3.63, 3.8) is 0 Å². The van der Waals surface area contributed by atoms with E-state index in [1.54, 1.807) is 0 Å². The molecule has 2 rings (SSSR count). The van der Waals surface area contributed by atoms with Gasteiger partial charge in [0.05, 0.1) is 12.7 Å². The first-order valence-corrected chi connectivity index (χ1v) is 6.80. The van der Waals surface area contributed by atoms with E-state index in [9.17, 15) is 0 Å². The molecular weight excluding hydrogens is 210 g/mol. The van der Waals surface area contributed by atoms with Crippen LogP contribution in [0, 0.1) is 12.3 Å². The van der Waals surface area contributed by atoms with Crippen LogP contribution in [0.1, 0.15) is 45.1 Å². The second-order valence-corrected chi connectivity index (χ2v) is 6.02. The van der Waals surface area contributed by atoms with Gasteiger partial charge in [-0.15, -0.1) is 0 Å². The molecule has 1 saturated carbocycles. The van der Waals surface area contributed by atoms with Crippen LogP contribution in [-0.2, 0) is 6.54 Å². The first-order valence-electron chi connectivity index (χ1n) is 6.80. The van der Waals surface area contributed by atoms with Crippen LogP contribution in [0.25, 0.3) is 0 Å². The normalized spacial score (nSPS) is 23.8. The van der Waals surface area contributed by atoms with Gasteiger partial charge in [-0.3, -0.25) is 4.68 Å². The van der Waals surface area contributed by atoms with Crippen LogP contribution in [0.5, 0.6) is 0 Å². The van der Waals surface area contributed by atoms with Crippen molar-refractivity contribution >= 4 is 0 Å². The Hall–Kier alpha value is -0.830. The van der Waals surface area contributed by atoms with Crippen molar-refractivity contribution < 1.29 is 0 Å². The highest BCUT2D eigenvalue weighted by molar-refractivity contribution is 4.99. The van der Waals surface area contributed by atoms with Crippen molar-refractivity contribution in [2.75, 3.05) is 6.54 Å². The van der Waals surface area contributed by atoms with E-state index in [0.717, 1.165) is 13.1 Å². The second-order valence-electron chi connectivity index (χ2n) is 6.02. The highest BCUT2D eigenvalue weighted by Crippen LogP contribution is 2.35. The standard InChI is InChI=1S/C14H25N3/c1-12-10-16-17(11-12)9-8-15-13-6-4-5-7-14(13,2)3/h10-11,13,15H,4-9H2,1-3H3. The number of aryl methyl sites for hydroxylation is 1. The summed E-state index contributed by atoms with van der Waals surface area (Å²) in [6.45, 7) is 8.86. The van der Waals surface area contributed by atoms with Crippen LogP contribution in [-0.4, -0.2) is 22.4 Å². The van der Waals surface area contributed by atoms with Crippen LogP contribution < -0.4 is 5.32 Å². The molecule has 1 aliphatic carbocycles. The lowest BCUT2D eigenvalue weighted by molar-refractivity contribution is 0.167. The third-order valence-corrected chi connectivity index (χ3v) is 4.00. The Morgan fingerprint density at radius 3 is 2.94 bits per heavy atom. The lowest BCUT2D eigenvalue weighted by Crippen LogP contribution is -2.45. The van der Waals surface area contributed by atoms with Crippen molar-refractivity contribution in [1.29, 1.82) is 0 Å². The van der Waals surface area contributed by atoms with E-state index in [2.05, 4.69) is 37.4 Å². The topological polar surface area (TPSA) is 29.9 Å². The Labute approximate surface area is 105 Å². The highest BCUT2D eigenvalue weighted by atomic mass is 15.3. The number of hydrogen-bond acceptors (Lipinski definition) is 2. The van der Waals surface area contributed by atoms with E-state index in [-0.39, 0.29) is 0 Å². The van der Waals surface area contributed by atoms with Crippen molar-refractivity contribution in [2.45, 2.75) is 59.0 Å². The lowest BCUT2D eigenvalue weighted by Gasteiger charge is -2.39. The zero-order valence-electron chi connectivity index (χ0n) is 11.4. The van der Waals surface area contributed by atoms with Crippen LogP contribution in [0.4, 0.5) is 0 Å². The summed E-state index contributed by atoms with van der Waals surface area (Å²) < 4.78 is 2.03. The van der Waals surface area contributed by atoms with Crippen molar-refractivity contribution in [3.8, 4) is 0 Å². The van der Waals surface area contributed by atoms with Crippen LogP contribution >= 0.6 is 0 Å². The monoisotopic (exact) mass is 235 g/mol. The number of nitrogens with zero attached hydrogens (tertiary/aromatic N) is 2. The predicted octanol–water partition coefficient (Wildman–Crippen LogP) is 2.75. The van der Waals surface area contributed by atoms with Gasteiger partial charge in [0.15, 0.2) is 0 Å². The van der Waals surface area contributed by atoms with Crippen molar-refractivity contribution in [3.05, 3.63) is 18.0 Å². The van der Waals surface area contributed by atoms with Crippen LogP contribution in [0.3, 0.4) is 0 Å². The molecule has 0 bridgehead atoms. The fraction of sp³-hybridized carbons (Fsp3) is 0.786. The number of aromatic nitrogens is 2. The summed E-state index contributed by atoms with van der Waals surface area (Å²) in [6.07, 6.45) is 9.47. The molecular formula is C14H25N3. The first-order chi connectivity index (χ1) is 8.08. The van der Waals surface area contributed by atoms with Gasteiger partial charge in [-0.2, -0.15) is 5.10 Å². The maximum atomic E-state index is 4.31. The molecule has 1 heterocycles. The van der Waals surface area contributed by atoms with Crippen molar-refractivity contribution in [1.82, 2.24) is 15.1 Å². The summed E-state index contributed by atoms with van der Waals surface area (Å²) in [5.74, 6) is 0. The fourth-order valence-corrected chi connectivity index (χ4v) is 2.81. The molecule has 3 heteroatoms. The molecule has 1 aliphatic rings. The van der Waals surface area contributed by atoms with Gasteiger partial charge in [0.25, 0.3) is 0 Å². The zero-order chi connectivity index (χ0) is 12.3. The van der Waals surface area contributed by atoms with E-state index in [0.29, 0.717) is 11.5 Å². The molecule has 17 heavy (non-hydrogen) atoms. The molecule has 0 radical (unpaired) electrons. The van der Waals surface area contributed by atoms with Gasteiger partial charge in [0.1, 0.15) is 0 Å². The van der Waals surface area contributed by atoms with E-state index in [1.807, 2.05) is 10.9 Å². The summed E-state index contributed by atoms with van der Waals surface area (Å²) in [6, 6.07) is 0.674. The van der Waals surface area contributed by atoms with Gasteiger partial charge in [-0.1, -0.05) is 26.7 Å². The molecule has 3 nitrogen and oxygen atoms in total. The quantitative estimate of drug-likeness (QED) is 0.869. The molecule has 96 valence electrons. The zero-order valence-corrected chi connectivity index (χ0v) is 11.4. The van der Waals surface area contributed by atoms with Gasteiger partial charge >= 0.3 is 0 Å². The van der Waals surface area contributed by atoms with Gasteiger partial charge in [0.2, 0.25) is 0 Å². The molecule has 1 N–H and O–H groups in total. The predicted molar refractivity (Wildman–Crippen MR) is 71.0 cm³/mol. The molecule has 0 amide bonds. The molecule has 0 aromatic carbocycles. The molecule has 0 aliphatic heterocycles. The van der Waals surface area contributed by atoms with Gasteiger partial charge in [0, 0.05) is 18.8 Å². The largest absolute Gasteiger partial charge is 0.312 e. The van der Waals surface area contributed by atoms with Crippen LogP contribution in [0.2, 0.25) is 0 Å². The summed E-state index contributed by atoms with van der Waals surface area (Å²) in [4.78, 5) is 0. The molecule has 1 fully saturated rings. The fourth-order valence-electron chi connectivity index (χ4n) is 2.81. The Bertz CT molecular complexity index is 354. The SMILES string of the molecule is Cc1cnn(CCNC2CCCCC2(C)C)c1. The Balaban J connectivity index is 1.77. The first kappa shape index (κ1) is 12.6. The third-order valence-electron chi connectivity index (χ3n) is 4.00. The average molecular weight is 235 g/mol. The summed E-state index contributed by atoms with van der Waals surface area (Å²) in [5, 5.41) is 8.02. The average Bonchev–Trinajstić information content (AvgIpc) is 2.67. The molecule has 1 aromatic heterocycles. The summed E-state index contributed by atoms with van der Waals surface area (Å²) in [7, 11) is 0. The number of nitrogens with one attached hydrogen (secondary N) is 1. The van der Waals surface area contributed by atoms with Gasteiger partial charge < -0.3 is 5.32 Å². The summed E-state index contributed by atoms with van der Waals surface area (Å²) in [5.41, 5.74) is 1.70. The van der Waals surface area contributed by atoms with E-state index < -0.39 is 0 Å². The molecule has 1 unspecified atom stereocenters. The Morgan fingerprint density at radius 2 is 2.29 bits per heavy atom. The van der Waals surface area contributed by atoms with Gasteiger partial charge in [-0.05, 0) is 30.7 Å². The van der Waals surface area contributed by atoms with E-state index in [1.165, 1.54) is 31.2 Å². The Kier molecular flexibility index (Phi) is 3.87. The van der Waals surface area contributed by atoms with Crippen molar-refractivity contribution in [2.24, 2.45) is 5.41 Å². The van der Waals surface area contributed by atoms with Crippen LogP contribution in [0.15, 0.2) is 12.4 Å². The minimum absolute atomic E-state index is 0.457. The number of rotatable bonds is 4. The Morgan fingerprint density at radius 1 is 1.47 bits per heavy atom. The molecule has 1 atom stereocenters. The third kappa shape index (κ3) is 3.32. The smallest absolute Gasteiger partial charge is 0.0534 e. The van der Waals surface area contributed by atoms with E-state index >= 15 is 0 Å².